The first-order chi connectivity index (χ1) is 13.7. The highest BCUT2D eigenvalue weighted by molar-refractivity contribution is 5.92. The lowest BCUT2D eigenvalue weighted by Crippen LogP contribution is -2.30. The van der Waals surface area contributed by atoms with Crippen LogP contribution in [0.3, 0.4) is 0 Å². The normalized spacial score (nSPS) is 13.1. The van der Waals surface area contributed by atoms with Gasteiger partial charge in [-0.05, 0) is 47.7 Å². The summed E-state index contributed by atoms with van der Waals surface area (Å²) in [4.78, 5) is 18.9. The van der Waals surface area contributed by atoms with E-state index in [0.717, 1.165) is 25.2 Å². The number of rotatable bonds is 5. The third-order valence-corrected chi connectivity index (χ3v) is 5.11. The minimum Gasteiger partial charge on any atom is -0.366 e. The van der Waals surface area contributed by atoms with Gasteiger partial charge in [0.05, 0.1) is 11.9 Å². The molecule has 0 unspecified atom stereocenters. The molecule has 0 bridgehead atoms. The van der Waals surface area contributed by atoms with Gasteiger partial charge in [0, 0.05) is 19.6 Å². The van der Waals surface area contributed by atoms with Crippen LogP contribution in [0.2, 0.25) is 0 Å². The van der Waals surface area contributed by atoms with E-state index in [4.69, 9.17) is 0 Å². The van der Waals surface area contributed by atoms with E-state index in [1.54, 1.807) is 30.5 Å². The Bertz CT molecular complexity index is 972. The van der Waals surface area contributed by atoms with E-state index < -0.39 is 0 Å². The van der Waals surface area contributed by atoms with Crippen molar-refractivity contribution in [1.82, 2.24) is 10.3 Å². The van der Waals surface area contributed by atoms with Crippen molar-refractivity contribution in [3.63, 3.8) is 0 Å². The number of fused-ring (bicyclic) bond motifs is 1. The summed E-state index contributed by atoms with van der Waals surface area (Å²) in [5, 5.41) is 2.80. The molecule has 142 valence electrons. The topological polar surface area (TPSA) is 45.2 Å². The van der Waals surface area contributed by atoms with Crippen molar-refractivity contribution >= 4 is 11.6 Å². The van der Waals surface area contributed by atoms with Crippen LogP contribution in [0.4, 0.5) is 10.1 Å². The van der Waals surface area contributed by atoms with Crippen LogP contribution < -0.4 is 10.2 Å². The van der Waals surface area contributed by atoms with E-state index in [-0.39, 0.29) is 11.7 Å². The lowest BCUT2D eigenvalue weighted by Gasteiger charge is -2.30. The van der Waals surface area contributed by atoms with Gasteiger partial charge in [-0.1, -0.05) is 42.5 Å². The quantitative estimate of drug-likeness (QED) is 0.739. The third kappa shape index (κ3) is 4.03. The van der Waals surface area contributed by atoms with Crippen molar-refractivity contribution in [3.05, 3.63) is 95.1 Å². The van der Waals surface area contributed by atoms with Gasteiger partial charge in [-0.25, -0.2) is 9.37 Å². The fourth-order valence-electron chi connectivity index (χ4n) is 3.53. The Balaban J connectivity index is 1.34. The molecular formula is C23H22FN3O. The first-order valence-electron chi connectivity index (χ1n) is 9.50. The van der Waals surface area contributed by atoms with Crippen LogP contribution in [0.5, 0.6) is 0 Å². The van der Waals surface area contributed by atoms with E-state index >= 15 is 0 Å². The summed E-state index contributed by atoms with van der Waals surface area (Å²) in [5.74, 6) is -0.491. The zero-order valence-corrected chi connectivity index (χ0v) is 15.6. The Morgan fingerprint density at radius 3 is 2.61 bits per heavy atom. The van der Waals surface area contributed by atoms with Gasteiger partial charge >= 0.3 is 0 Å². The maximum atomic E-state index is 13.6. The maximum Gasteiger partial charge on any atom is 0.269 e. The second kappa shape index (κ2) is 8.21. The van der Waals surface area contributed by atoms with Crippen molar-refractivity contribution in [2.24, 2.45) is 0 Å². The van der Waals surface area contributed by atoms with Gasteiger partial charge in [-0.3, -0.25) is 4.79 Å². The molecule has 0 radical (unpaired) electrons. The number of amides is 1. The van der Waals surface area contributed by atoms with E-state index in [2.05, 4.69) is 39.5 Å². The molecule has 2 heterocycles. The molecule has 0 fully saturated rings. The third-order valence-electron chi connectivity index (χ3n) is 5.11. The Hall–Kier alpha value is -3.21. The van der Waals surface area contributed by atoms with E-state index in [1.165, 1.54) is 17.2 Å². The molecule has 0 saturated carbocycles. The molecule has 0 aliphatic carbocycles. The molecule has 4 nitrogen and oxygen atoms in total. The molecule has 0 atom stereocenters. The van der Waals surface area contributed by atoms with Gasteiger partial charge < -0.3 is 10.2 Å². The van der Waals surface area contributed by atoms with Crippen LogP contribution in [-0.4, -0.2) is 24.0 Å². The molecule has 1 N–H and O–H groups in total. The lowest BCUT2D eigenvalue weighted by molar-refractivity contribution is 0.0949. The number of halogens is 1. The molecule has 2 aromatic carbocycles. The Labute approximate surface area is 164 Å². The number of nitrogens with one attached hydrogen (secondary N) is 1. The SMILES string of the molecule is O=C(NCCc1ccccc1F)c1ccc(N2CCc3ccccc3C2)cn1. The number of carbonyl (C=O) groups excluding carboxylic acids is 1. The van der Waals surface area contributed by atoms with Gasteiger partial charge in [0.2, 0.25) is 0 Å². The predicted octanol–water partition coefficient (Wildman–Crippen LogP) is 3.76. The molecular weight excluding hydrogens is 353 g/mol. The van der Waals surface area contributed by atoms with Crippen molar-refractivity contribution in [2.75, 3.05) is 18.0 Å². The number of hydrogen-bond donors (Lipinski definition) is 1. The standard InChI is InChI=1S/C23H22FN3O/c24-21-8-4-3-6-18(21)11-13-25-23(28)22-10-9-20(15-26-22)27-14-12-17-5-1-2-7-19(17)16-27/h1-10,15H,11-14,16H2,(H,25,28). The van der Waals surface area contributed by atoms with Crippen LogP contribution in [0.1, 0.15) is 27.2 Å². The zero-order chi connectivity index (χ0) is 19.3. The van der Waals surface area contributed by atoms with E-state index in [9.17, 15) is 9.18 Å². The van der Waals surface area contributed by atoms with Crippen LogP contribution in [0.15, 0.2) is 66.9 Å². The maximum absolute atomic E-state index is 13.6. The summed E-state index contributed by atoms with van der Waals surface area (Å²) < 4.78 is 13.6. The molecule has 0 saturated heterocycles. The number of carbonyl (C=O) groups is 1. The largest absolute Gasteiger partial charge is 0.366 e. The van der Waals surface area contributed by atoms with E-state index in [1.807, 2.05) is 6.07 Å². The molecule has 0 spiro atoms. The average Bonchev–Trinajstić information content (AvgIpc) is 2.75. The highest BCUT2D eigenvalue weighted by Gasteiger charge is 2.17. The number of pyridine rings is 1. The van der Waals surface area contributed by atoms with E-state index in [0.29, 0.717) is 24.2 Å². The fourth-order valence-corrected chi connectivity index (χ4v) is 3.53. The summed E-state index contributed by atoms with van der Waals surface area (Å²) in [6.45, 7) is 2.16. The molecule has 1 aliphatic rings. The highest BCUT2D eigenvalue weighted by Crippen LogP contribution is 2.23. The van der Waals surface area contributed by atoms with Gasteiger partial charge in [-0.15, -0.1) is 0 Å². The molecule has 5 heteroatoms. The zero-order valence-electron chi connectivity index (χ0n) is 15.6. The summed E-state index contributed by atoms with van der Waals surface area (Å²) in [6, 6.07) is 18.8. The fraction of sp³-hybridized carbons (Fsp3) is 0.217. The van der Waals surface area contributed by atoms with Gasteiger partial charge in [0.15, 0.2) is 0 Å². The summed E-state index contributed by atoms with van der Waals surface area (Å²) in [6.07, 6.45) is 3.21. The lowest BCUT2D eigenvalue weighted by atomic mass is 10.00. The van der Waals surface area contributed by atoms with Crippen LogP contribution >= 0.6 is 0 Å². The van der Waals surface area contributed by atoms with Crippen molar-refractivity contribution in [3.8, 4) is 0 Å². The molecule has 1 amide bonds. The van der Waals surface area contributed by atoms with Gasteiger partial charge in [0.1, 0.15) is 11.5 Å². The molecule has 1 aliphatic heterocycles. The number of benzene rings is 2. The smallest absolute Gasteiger partial charge is 0.269 e. The van der Waals surface area contributed by atoms with Crippen LogP contribution in [-0.2, 0) is 19.4 Å². The van der Waals surface area contributed by atoms with Crippen LogP contribution in [0.25, 0.3) is 0 Å². The first kappa shape index (κ1) is 18.2. The minimum atomic E-state index is -0.248. The monoisotopic (exact) mass is 375 g/mol. The molecule has 1 aromatic heterocycles. The Morgan fingerprint density at radius 2 is 1.82 bits per heavy atom. The molecule has 28 heavy (non-hydrogen) atoms. The number of anilines is 1. The number of hydrogen-bond acceptors (Lipinski definition) is 3. The highest BCUT2D eigenvalue weighted by atomic mass is 19.1. The minimum absolute atomic E-state index is 0.244. The second-order valence-corrected chi connectivity index (χ2v) is 6.94. The second-order valence-electron chi connectivity index (χ2n) is 6.94. The first-order valence-corrected chi connectivity index (χ1v) is 9.50. The summed E-state index contributed by atoms with van der Waals surface area (Å²) >= 11 is 0. The van der Waals surface area contributed by atoms with Gasteiger partial charge in [0.25, 0.3) is 5.91 Å². The summed E-state index contributed by atoms with van der Waals surface area (Å²) in [5.41, 5.74) is 4.71. The van der Waals surface area contributed by atoms with Crippen LogP contribution in [0, 0.1) is 5.82 Å². The van der Waals surface area contributed by atoms with Crippen molar-refractivity contribution in [2.45, 2.75) is 19.4 Å². The van der Waals surface area contributed by atoms with Gasteiger partial charge in [-0.2, -0.15) is 0 Å². The predicted molar refractivity (Wildman–Crippen MR) is 108 cm³/mol. The Morgan fingerprint density at radius 1 is 1.04 bits per heavy atom. The molecule has 4 rings (SSSR count). The Kier molecular flexibility index (Phi) is 5.33. The summed E-state index contributed by atoms with van der Waals surface area (Å²) in [7, 11) is 0. The number of nitrogens with zero attached hydrogens (tertiary/aromatic N) is 2. The van der Waals surface area contributed by atoms with Crippen molar-refractivity contribution < 1.29 is 9.18 Å². The molecule has 3 aromatic rings. The number of aromatic nitrogens is 1. The van der Waals surface area contributed by atoms with Crippen molar-refractivity contribution in [1.29, 1.82) is 0 Å². The average molecular weight is 375 g/mol.